The molecular formula is C36H42F2O3. The number of unbranched alkanes of at least 4 members (excludes halogenated alkanes) is 2. The molecule has 218 valence electrons. The highest BCUT2D eigenvalue weighted by molar-refractivity contribution is 5.87. The SMILES string of the molecule is C=C(CO)C(=O)OCCCC1CCC(c2ccc(-c3ccc(-c4ccc(CCCCC)cc4)cc3F)cc2F)CC1. The topological polar surface area (TPSA) is 46.5 Å². The summed E-state index contributed by atoms with van der Waals surface area (Å²) in [5.74, 6) is -0.493. The maximum atomic E-state index is 15.3. The normalized spacial score (nSPS) is 16.9. The van der Waals surface area contributed by atoms with Gasteiger partial charge < -0.3 is 9.84 Å². The zero-order chi connectivity index (χ0) is 29.2. The van der Waals surface area contributed by atoms with Crippen LogP contribution in [0.4, 0.5) is 8.78 Å². The van der Waals surface area contributed by atoms with Crippen molar-refractivity contribution in [2.45, 2.75) is 77.0 Å². The highest BCUT2D eigenvalue weighted by Crippen LogP contribution is 2.39. The van der Waals surface area contributed by atoms with Crippen LogP contribution in [0.1, 0.15) is 81.8 Å². The zero-order valence-corrected chi connectivity index (χ0v) is 24.1. The number of aliphatic hydroxyl groups is 1. The van der Waals surface area contributed by atoms with Gasteiger partial charge in [0.1, 0.15) is 11.6 Å². The third-order valence-corrected chi connectivity index (χ3v) is 8.39. The van der Waals surface area contributed by atoms with Crippen LogP contribution in [0.5, 0.6) is 0 Å². The van der Waals surface area contributed by atoms with E-state index < -0.39 is 12.6 Å². The van der Waals surface area contributed by atoms with Gasteiger partial charge in [0.2, 0.25) is 0 Å². The minimum atomic E-state index is -0.547. The maximum absolute atomic E-state index is 15.3. The van der Waals surface area contributed by atoms with Crippen molar-refractivity contribution in [3.63, 3.8) is 0 Å². The van der Waals surface area contributed by atoms with E-state index in [4.69, 9.17) is 9.84 Å². The predicted octanol–water partition coefficient (Wildman–Crippen LogP) is 9.18. The van der Waals surface area contributed by atoms with Crippen LogP contribution >= 0.6 is 0 Å². The average Bonchev–Trinajstić information content (AvgIpc) is 2.99. The lowest BCUT2D eigenvalue weighted by molar-refractivity contribution is -0.139. The second-order valence-corrected chi connectivity index (χ2v) is 11.3. The number of aliphatic hydroxyl groups excluding tert-OH is 1. The molecule has 3 nitrogen and oxygen atoms in total. The number of aryl methyl sites for hydroxylation is 1. The second-order valence-electron chi connectivity index (χ2n) is 11.3. The van der Waals surface area contributed by atoms with Gasteiger partial charge in [-0.1, -0.05) is 74.9 Å². The fraction of sp³-hybridized carbons (Fsp3) is 0.417. The zero-order valence-electron chi connectivity index (χ0n) is 24.1. The molecule has 0 atom stereocenters. The Kier molecular flexibility index (Phi) is 11.3. The summed E-state index contributed by atoms with van der Waals surface area (Å²) in [7, 11) is 0. The van der Waals surface area contributed by atoms with Crippen molar-refractivity contribution in [2.24, 2.45) is 5.92 Å². The standard InChI is InChI=1S/C36H42F2O3/c1-3-4-5-7-26-9-13-28(14-10-26)30-17-19-33(34(37)22-30)31-18-20-32(35(38)23-31)29-15-11-27(12-16-29)8-6-21-41-36(40)25(2)24-39/h9-10,13-14,17-20,22-23,27,29,39H,2-8,11-12,15-16,21,24H2,1H3. The van der Waals surface area contributed by atoms with Gasteiger partial charge in [0, 0.05) is 5.56 Å². The van der Waals surface area contributed by atoms with Gasteiger partial charge >= 0.3 is 5.97 Å². The summed E-state index contributed by atoms with van der Waals surface area (Å²) in [6.07, 6.45) is 10.2. The van der Waals surface area contributed by atoms with E-state index in [-0.39, 0.29) is 23.1 Å². The number of esters is 1. The first-order valence-corrected chi connectivity index (χ1v) is 15.0. The van der Waals surface area contributed by atoms with Crippen LogP contribution < -0.4 is 0 Å². The van der Waals surface area contributed by atoms with Crippen LogP contribution in [0.25, 0.3) is 22.3 Å². The Labute approximate surface area is 243 Å². The molecule has 5 heteroatoms. The summed E-state index contributed by atoms with van der Waals surface area (Å²) in [4.78, 5) is 11.6. The summed E-state index contributed by atoms with van der Waals surface area (Å²) >= 11 is 0. The first kappa shape index (κ1) is 30.6. The lowest BCUT2D eigenvalue weighted by Crippen LogP contribution is -2.16. The van der Waals surface area contributed by atoms with Gasteiger partial charge in [-0.25, -0.2) is 13.6 Å². The van der Waals surface area contributed by atoms with Gasteiger partial charge in [-0.3, -0.25) is 0 Å². The van der Waals surface area contributed by atoms with Gasteiger partial charge in [0.15, 0.2) is 0 Å². The Hall–Kier alpha value is -3.31. The molecule has 0 radical (unpaired) electrons. The van der Waals surface area contributed by atoms with E-state index in [0.29, 0.717) is 29.2 Å². The third-order valence-electron chi connectivity index (χ3n) is 8.39. The lowest BCUT2D eigenvalue weighted by Gasteiger charge is -2.29. The molecule has 1 aliphatic rings. The van der Waals surface area contributed by atoms with E-state index >= 15 is 8.78 Å². The quantitative estimate of drug-likeness (QED) is 0.129. The van der Waals surface area contributed by atoms with E-state index in [0.717, 1.165) is 56.1 Å². The number of benzene rings is 3. The lowest BCUT2D eigenvalue weighted by atomic mass is 9.77. The summed E-state index contributed by atoms with van der Waals surface area (Å²) in [5, 5.41) is 8.93. The van der Waals surface area contributed by atoms with Crippen molar-refractivity contribution in [3.8, 4) is 22.3 Å². The monoisotopic (exact) mass is 560 g/mol. The molecule has 1 fully saturated rings. The third kappa shape index (κ3) is 8.36. The Morgan fingerprint density at radius 1 is 0.878 bits per heavy atom. The molecule has 0 aromatic heterocycles. The average molecular weight is 561 g/mol. The largest absolute Gasteiger partial charge is 0.462 e. The number of halogens is 2. The molecule has 1 saturated carbocycles. The van der Waals surface area contributed by atoms with Crippen molar-refractivity contribution in [2.75, 3.05) is 13.2 Å². The summed E-state index contributed by atoms with van der Waals surface area (Å²) in [6, 6.07) is 18.7. The molecule has 4 rings (SSSR count). The summed E-state index contributed by atoms with van der Waals surface area (Å²) in [5.41, 5.74) is 4.81. The molecule has 3 aromatic rings. The first-order chi connectivity index (χ1) is 19.9. The summed E-state index contributed by atoms with van der Waals surface area (Å²) in [6.45, 7) is 5.59. The van der Waals surface area contributed by atoms with E-state index in [1.807, 2.05) is 30.3 Å². The fourth-order valence-corrected chi connectivity index (χ4v) is 5.86. The molecule has 0 unspecified atom stereocenters. The Morgan fingerprint density at radius 2 is 1.56 bits per heavy atom. The van der Waals surface area contributed by atoms with Crippen LogP contribution in [0.15, 0.2) is 72.8 Å². The molecule has 0 aliphatic heterocycles. The van der Waals surface area contributed by atoms with Gasteiger partial charge in [0.05, 0.1) is 18.8 Å². The molecule has 0 spiro atoms. The van der Waals surface area contributed by atoms with Crippen molar-refractivity contribution in [1.29, 1.82) is 0 Å². The minimum absolute atomic E-state index is 0.0666. The molecular weight excluding hydrogens is 518 g/mol. The van der Waals surface area contributed by atoms with Crippen molar-refractivity contribution >= 4 is 5.97 Å². The van der Waals surface area contributed by atoms with Crippen LogP contribution in [0.2, 0.25) is 0 Å². The minimum Gasteiger partial charge on any atom is -0.462 e. The van der Waals surface area contributed by atoms with E-state index in [2.05, 4.69) is 25.6 Å². The number of rotatable bonds is 13. The van der Waals surface area contributed by atoms with Crippen molar-refractivity contribution in [3.05, 3.63) is 95.6 Å². The molecule has 3 aromatic carbocycles. The van der Waals surface area contributed by atoms with E-state index in [9.17, 15) is 4.79 Å². The fourth-order valence-electron chi connectivity index (χ4n) is 5.86. The molecule has 41 heavy (non-hydrogen) atoms. The van der Waals surface area contributed by atoms with Crippen LogP contribution in [-0.2, 0) is 16.0 Å². The number of carbonyl (C=O) groups is 1. The van der Waals surface area contributed by atoms with E-state index in [1.54, 1.807) is 12.1 Å². The van der Waals surface area contributed by atoms with Crippen LogP contribution in [0.3, 0.4) is 0 Å². The number of carbonyl (C=O) groups excluding carboxylic acids is 1. The van der Waals surface area contributed by atoms with Crippen LogP contribution in [-0.4, -0.2) is 24.3 Å². The molecule has 1 aliphatic carbocycles. The van der Waals surface area contributed by atoms with Gasteiger partial charge in [-0.2, -0.15) is 0 Å². The molecule has 0 saturated heterocycles. The smallest absolute Gasteiger partial charge is 0.335 e. The number of hydrogen-bond donors (Lipinski definition) is 1. The van der Waals surface area contributed by atoms with Crippen LogP contribution in [0, 0.1) is 17.6 Å². The highest BCUT2D eigenvalue weighted by atomic mass is 19.1. The van der Waals surface area contributed by atoms with Gasteiger partial charge in [-0.15, -0.1) is 0 Å². The molecule has 0 bridgehead atoms. The Balaban J connectivity index is 1.31. The molecule has 0 amide bonds. The van der Waals surface area contributed by atoms with Gasteiger partial charge in [0.25, 0.3) is 0 Å². The van der Waals surface area contributed by atoms with E-state index in [1.165, 1.54) is 30.9 Å². The maximum Gasteiger partial charge on any atom is 0.335 e. The van der Waals surface area contributed by atoms with Crippen molar-refractivity contribution < 1.29 is 23.4 Å². The molecule has 1 N–H and O–H groups in total. The van der Waals surface area contributed by atoms with Crippen molar-refractivity contribution in [1.82, 2.24) is 0 Å². The number of hydrogen-bond acceptors (Lipinski definition) is 3. The second kappa shape index (κ2) is 15.1. The Bertz CT molecular complexity index is 1310. The van der Waals surface area contributed by atoms with Gasteiger partial charge in [-0.05, 0) is 103 Å². The summed E-state index contributed by atoms with van der Waals surface area (Å²) < 4.78 is 35.6. The number of ether oxygens (including phenoxy) is 1. The highest BCUT2D eigenvalue weighted by Gasteiger charge is 2.25. The molecule has 0 heterocycles. The first-order valence-electron chi connectivity index (χ1n) is 15.0. The predicted molar refractivity (Wildman–Crippen MR) is 162 cm³/mol. The Morgan fingerprint density at radius 3 is 2.22 bits per heavy atom.